The summed E-state index contributed by atoms with van der Waals surface area (Å²) in [7, 11) is -5.01. The molecule has 2 heterocycles. The molecule has 1 aromatic rings. The lowest BCUT2D eigenvalue weighted by atomic mass is 9.98. The normalized spacial score (nSPS) is 27.3. The molecule has 0 aromatic carbocycles. The van der Waals surface area contributed by atoms with Gasteiger partial charge in [-0.2, -0.15) is 0 Å². The van der Waals surface area contributed by atoms with Gasteiger partial charge in [0.25, 0.3) is 5.56 Å². The van der Waals surface area contributed by atoms with Gasteiger partial charge in [-0.1, -0.05) is 0 Å². The topological polar surface area (TPSA) is 188 Å². The van der Waals surface area contributed by atoms with Crippen LogP contribution in [0.3, 0.4) is 0 Å². The van der Waals surface area contributed by atoms with E-state index in [2.05, 4.69) is 4.52 Å². The summed E-state index contributed by atoms with van der Waals surface area (Å²) >= 11 is 0. The molecule has 0 spiro atoms. The zero-order valence-corrected chi connectivity index (χ0v) is 13.2. The number of aliphatic hydroxyl groups excluding tert-OH is 1. The minimum absolute atomic E-state index is 0.145. The summed E-state index contributed by atoms with van der Waals surface area (Å²) in [6.07, 6.45) is -2.24. The van der Waals surface area contributed by atoms with E-state index in [0.717, 1.165) is 10.8 Å². The van der Waals surface area contributed by atoms with Crippen molar-refractivity contribution in [3.8, 4) is 0 Å². The van der Waals surface area contributed by atoms with Crippen molar-refractivity contribution in [1.29, 1.82) is 0 Å². The van der Waals surface area contributed by atoms with E-state index in [9.17, 15) is 29.2 Å². The zero-order valence-electron chi connectivity index (χ0n) is 12.3. The third-order valence-electron chi connectivity index (χ3n) is 3.57. The molecule has 13 heteroatoms. The van der Waals surface area contributed by atoms with Crippen LogP contribution in [-0.2, 0) is 18.6 Å². The average molecular weight is 366 g/mol. The summed E-state index contributed by atoms with van der Waals surface area (Å²) in [4.78, 5) is 54.1. The Morgan fingerprint density at radius 2 is 2.17 bits per heavy atom. The van der Waals surface area contributed by atoms with E-state index in [1.165, 1.54) is 6.92 Å². The molecule has 0 amide bonds. The van der Waals surface area contributed by atoms with Crippen molar-refractivity contribution in [2.45, 2.75) is 31.3 Å². The predicted octanol–water partition coefficient (Wildman–Crippen LogP) is -1.94. The van der Waals surface area contributed by atoms with E-state index in [-0.39, 0.29) is 12.0 Å². The highest BCUT2D eigenvalue weighted by molar-refractivity contribution is 7.46. The molecule has 0 aliphatic carbocycles. The van der Waals surface area contributed by atoms with Gasteiger partial charge in [0, 0.05) is 18.2 Å². The van der Waals surface area contributed by atoms with Gasteiger partial charge in [0.05, 0.1) is 0 Å². The van der Waals surface area contributed by atoms with Gasteiger partial charge >= 0.3 is 19.5 Å². The van der Waals surface area contributed by atoms with Crippen LogP contribution in [0, 0.1) is 6.92 Å². The summed E-state index contributed by atoms with van der Waals surface area (Å²) < 4.78 is 21.0. The molecule has 3 atom stereocenters. The molecule has 0 radical (unpaired) electrons. The average Bonchev–Trinajstić information content (AvgIpc) is 2.78. The lowest BCUT2D eigenvalue weighted by Gasteiger charge is -2.27. The number of hydrogen-bond donors (Lipinski definition) is 5. The summed E-state index contributed by atoms with van der Waals surface area (Å²) in [5.74, 6) is -1.72. The first-order valence-corrected chi connectivity index (χ1v) is 8.11. The Hall–Kier alpha value is -1.82. The second-order valence-electron chi connectivity index (χ2n) is 5.26. The first-order chi connectivity index (χ1) is 11.0. The van der Waals surface area contributed by atoms with Crippen LogP contribution in [0.2, 0.25) is 0 Å². The fourth-order valence-electron chi connectivity index (χ4n) is 2.29. The number of nitrogens with zero attached hydrogens (tertiary/aromatic N) is 1. The highest BCUT2D eigenvalue weighted by atomic mass is 31.2. The Labute approximate surface area is 133 Å². The highest BCUT2D eigenvalue weighted by Crippen LogP contribution is 2.42. The second kappa shape index (κ2) is 6.24. The van der Waals surface area contributed by atoms with E-state index < -0.39 is 49.6 Å². The first kappa shape index (κ1) is 18.5. The molecule has 1 fully saturated rings. The Morgan fingerprint density at radius 1 is 1.54 bits per heavy atom. The van der Waals surface area contributed by atoms with Crippen LogP contribution in [0.25, 0.3) is 0 Å². The quantitative estimate of drug-likeness (QED) is 0.367. The zero-order chi connectivity index (χ0) is 18.3. The number of carboxylic acids is 1. The largest absolute Gasteiger partial charge is 0.479 e. The van der Waals surface area contributed by atoms with E-state index in [1.54, 1.807) is 0 Å². The molecule has 5 N–H and O–H groups in total. The third kappa shape index (κ3) is 3.48. The highest BCUT2D eigenvalue weighted by Gasteiger charge is 2.56. The molecular formula is C11H15N2O10P. The monoisotopic (exact) mass is 366 g/mol. The number of aromatic nitrogens is 2. The number of phosphoric acid groups is 1. The first-order valence-electron chi connectivity index (χ1n) is 6.58. The van der Waals surface area contributed by atoms with Crippen molar-refractivity contribution in [1.82, 2.24) is 9.55 Å². The summed E-state index contributed by atoms with van der Waals surface area (Å²) in [6.45, 7) is 0.267. The van der Waals surface area contributed by atoms with Crippen LogP contribution in [0.1, 0.15) is 18.2 Å². The molecule has 0 bridgehead atoms. The van der Waals surface area contributed by atoms with Crippen molar-refractivity contribution < 1.29 is 38.6 Å². The molecule has 134 valence electrons. The Morgan fingerprint density at radius 3 is 2.71 bits per heavy atom. The summed E-state index contributed by atoms with van der Waals surface area (Å²) in [6, 6.07) is 0. The maximum absolute atomic E-state index is 11.8. The molecule has 0 unspecified atom stereocenters. The van der Waals surface area contributed by atoms with Crippen LogP contribution < -0.4 is 11.2 Å². The molecule has 1 aliphatic rings. The standard InChI is InChI=1S/C11H15N2O10P/c1-5-3-13(10(18)12-8(5)15)7-2-6(14)11(23-7,9(16)17)4-22-24(19,20)21/h3,6-7,14H,2,4H2,1H3,(H,16,17)(H,12,15,18)(H2,19,20,21)/t6-,7+,11+/m0/s1. The van der Waals surface area contributed by atoms with Gasteiger partial charge in [0.2, 0.25) is 5.60 Å². The number of carboxylic acid groups (broad SMARTS) is 1. The fraction of sp³-hybridized carbons (Fsp3) is 0.545. The fourth-order valence-corrected chi connectivity index (χ4v) is 2.65. The number of H-pyrrole nitrogens is 1. The van der Waals surface area contributed by atoms with Crippen LogP contribution in [-0.4, -0.2) is 53.8 Å². The maximum Gasteiger partial charge on any atom is 0.469 e. The molecule has 24 heavy (non-hydrogen) atoms. The summed E-state index contributed by atoms with van der Waals surface area (Å²) in [5.41, 5.74) is -3.86. The molecule has 1 aliphatic heterocycles. The van der Waals surface area contributed by atoms with Crippen molar-refractivity contribution in [2.24, 2.45) is 0 Å². The SMILES string of the molecule is Cc1cn([C@H]2C[C@H](O)[C@](COP(=O)(O)O)(C(=O)O)O2)c(=O)[nH]c1=O. The molecular weight excluding hydrogens is 351 g/mol. The third-order valence-corrected chi connectivity index (χ3v) is 4.04. The molecule has 0 saturated carbocycles. The Bertz CT molecular complexity index is 810. The van der Waals surface area contributed by atoms with Gasteiger partial charge in [-0.15, -0.1) is 0 Å². The number of phosphoric ester groups is 1. The van der Waals surface area contributed by atoms with Gasteiger partial charge in [-0.25, -0.2) is 14.2 Å². The van der Waals surface area contributed by atoms with Gasteiger partial charge in [-0.05, 0) is 6.92 Å². The lowest BCUT2D eigenvalue weighted by molar-refractivity contribution is -0.183. The number of hydrogen-bond acceptors (Lipinski definition) is 7. The van der Waals surface area contributed by atoms with Crippen molar-refractivity contribution in [2.75, 3.05) is 6.61 Å². The molecule has 1 aromatic heterocycles. The van der Waals surface area contributed by atoms with Gasteiger partial charge < -0.3 is 24.7 Å². The van der Waals surface area contributed by atoms with Gasteiger partial charge in [0.15, 0.2) is 0 Å². The Balaban J connectivity index is 2.37. The van der Waals surface area contributed by atoms with E-state index in [4.69, 9.17) is 14.5 Å². The van der Waals surface area contributed by atoms with Crippen molar-refractivity contribution in [3.63, 3.8) is 0 Å². The van der Waals surface area contributed by atoms with E-state index in [1.807, 2.05) is 4.98 Å². The number of aryl methyl sites for hydroxylation is 1. The van der Waals surface area contributed by atoms with Gasteiger partial charge in [-0.3, -0.25) is 18.9 Å². The summed E-state index contributed by atoms with van der Waals surface area (Å²) in [5, 5.41) is 19.3. The van der Waals surface area contributed by atoms with Crippen LogP contribution in [0.5, 0.6) is 0 Å². The van der Waals surface area contributed by atoms with Crippen LogP contribution in [0.15, 0.2) is 15.8 Å². The molecule has 1 saturated heterocycles. The van der Waals surface area contributed by atoms with Crippen LogP contribution >= 0.6 is 7.82 Å². The predicted molar refractivity (Wildman–Crippen MR) is 75.2 cm³/mol. The van der Waals surface area contributed by atoms with E-state index in [0.29, 0.717) is 0 Å². The molecule has 2 rings (SSSR count). The molecule has 12 nitrogen and oxygen atoms in total. The van der Waals surface area contributed by atoms with Gasteiger partial charge in [0.1, 0.15) is 18.9 Å². The smallest absolute Gasteiger partial charge is 0.469 e. The maximum atomic E-state index is 11.8. The number of carbonyl (C=O) groups is 1. The number of ether oxygens (including phenoxy) is 1. The number of aromatic amines is 1. The lowest BCUT2D eigenvalue weighted by Crippen LogP contribution is -2.51. The minimum atomic E-state index is -5.01. The Kier molecular flexibility index (Phi) is 4.81. The van der Waals surface area contributed by atoms with Crippen molar-refractivity contribution >= 4 is 13.8 Å². The number of aliphatic hydroxyl groups is 1. The second-order valence-corrected chi connectivity index (χ2v) is 6.50. The number of rotatable bonds is 5. The van der Waals surface area contributed by atoms with Crippen LogP contribution in [0.4, 0.5) is 0 Å². The minimum Gasteiger partial charge on any atom is -0.479 e. The van der Waals surface area contributed by atoms with Crippen molar-refractivity contribution in [3.05, 3.63) is 32.6 Å². The van der Waals surface area contributed by atoms with E-state index >= 15 is 0 Å². The number of nitrogens with one attached hydrogen (secondary N) is 1. The number of aliphatic carboxylic acids is 1.